The van der Waals surface area contributed by atoms with E-state index < -0.39 is 6.10 Å². The molecule has 3 nitrogen and oxygen atoms in total. The van der Waals surface area contributed by atoms with Gasteiger partial charge in [0.25, 0.3) is 0 Å². The standard InChI is InChI=1S/C6H9BrO3/c7-3-4(8)5-1-2-6(9)10-5/h4-5,8H,1-3H2/t4-,5-/m0/s1. The summed E-state index contributed by atoms with van der Waals surface area (Å²) >= 11 is 3.10. The molecule has 0 radical (unpaired) electrons. The Kier molecular flexibility index (Phi) is 2.68. The normalized spacial score (nSPS) is 28.2. The van der Waals surface area contributed by atoms with Gasteiger partial charge in [0.2, 0.25) is 0 Å². The molecule has 1 fully saturated rings. The average molecular weight is 209 g/mol. The number of cyclic esters (lactones) is 1. The molecule has 1 rings (SSSR count). The summed E-state index contributed by atoms with van der Waals surface area (Å²) in [6, 6.07) is 0. The van der Waals surface area contributed by atoms with E-state index in [4.69, 9.17) is 9.84 Å². The van der Waals surface area contributed by atoms with Crippen LogP contribution in [0.5, 0.6) is 0 Å². The number of aliphatic hydroxyl groups excluding tert-OH is 1. The van der Waals surface area contributed by atoms with Crippen molar-refractivity contribution in [2.75, 3.05) is 5.33 Å². The minimum Gasteiger partial charge on any atom is -0.460 e. The molecule has 0 unspecified atom stereocenters. The molecule has 0 saturated carbocycles. The molecule has 0 aromatic carbocycles. The fraction of sp³-hybridized carbons (Fsp3) is 0.833. The largest absolute Gasteiger partial charge is 0.460 e. The van der Waals surface area contributed by atoms with E-state index in [2.05, 4.69) is 15.9 Å². The van der Waals surface area contributed by atoms with Crippen LogP contribution in [-0.4, -0.2) is 28.6 Å². The number of carbonyl (C=O) groups is 1. The molecule has 0 amide bonds. The molecule has 1 aliphatic heterocycles. The minimum absolute atomic E-state index is 0.204. The number of ether oxygens (including phenoxy) is 1. The molecular weight excluding hydrogens is 200 g/mol. The summed E-state index contributed by atoms with van der Waals surface area (Å²) in [5.74, 6) is -0.204. The van der Waals surface area contributed by atoms with Crippen molar-refractivity contribution in [3.05, 3.63) is 0 Å². The number of esters is 1. The first-order valence-electron chi connectivity index (χ1n) is 3.17. The Labute approximate surface area is 67.5 Å². The second-order valence-corrected chi connectivity index (χ2v) is 2.94. The fourth-order valence-electron chi connectivity index (χ4n) is 0.917. The third kappa shape index (κ3) is 1.70. The molecule has 4 heteroatoms. The quantitative estimate of drug-likeness (QED) is 0.530. The lowest BCUT2D eigenvalue weighted by Gasteiger charge is -2.13. The number of hydrogen-bond acceptors (Lipinski definition) is 3. The highest BCUT2D eigenvalue weighted by Crippen LogP contribution is 2.17. The van der Waals surface area contributed by atoms with Crippen LogP contribution in [0.1, 0.15) is 12.8 Å². The molecule has 0 spiro atoms. The predicted molar refractivity (Wildman–Crippen MR) is 38.9 cm³/mol. The maximum absolute atomic E-state index is 10.5. The number of halogens is 1. The van der Waals surface area contributed by atoms with Gasteiger partial charge in [0, 0.05) is 11.8 Å². The number of aliphatic hydroxyl groups is 1. The summed E-state index contributed by atoms with van der Waals surface area (Å²) in [4.78, 5) is 10.5. The summed E-state index contributed by atoms with van der Waals surface area (Å²) in [7, 11) is 0. The summed E-state index contributed by atoms with van der Waals surface area (Å²) in [6.45, 7) is 0. The van der Waals surface area contributed by atoms with E-state index >= 15 is 0 Å². The molecule has 1 heterocycles. The summed E-state index contributed by atoms with van der Waals surface area (Å²) < 4.78 is 4.80. The first-order valence-corrected chi connectivity index (χ1v) is 4.29. The van der Waals surface area contributed by atoms with Crippen LogP contribution < -0.4 is 0 Å². The van der Waals surface area contributed by atoms with Crippen molar-refractivity contribution < 1.29 is 14.6 Å². The highest BCUT2D eigenvalue weighted by Gasteiger charge is 2.28. The highest BCUT2D eigenvalue weighted by molar-refractivity contribution is 9.09. The molecule has 10 heavy (non-hydrogen) atoms. The van der Waals surface area contributed by atoms with Gasteiger partial charge in [-0.15, -0.1) is 0 Å². The van der Waals surface area contributed by atoms with Crippen molar-refractivity contribution in [2.45, 2.75) is 25.0 Å². The Hall–Kier alpha value is -0.0900. The van der Waals surface area contributed by atoms with Crippen LogP contribution in [0.3, 0.4) is 0 Å². The van der Waals surface area contributed by atoms with Crippen molar-refractivity contribution in [1.29, 1.82) is 0 Å². The molecule has 0 aliphatic carbocycles. The van der Waals surface area contributed by atoms with Crippen molar-refractivity contribution in [2.24, 2.45) is 0 Å². The van der Waals surface area contributed by atoms with Crippen LogP contribution >= 0.6 is 15.9 Å². The Balaban J connectivity index is 2.36. The monoisotopic (exact) mass is 208 g/mol. The third-order valence-electron chi connectivity index (χ3n) is 1.50. The number of alkyl halides is 1. The lowest BCUT2D eigenvalue weighted by Crippen LogP contribution is -2.26. The average Bonchev–Trinajstić information content (AvgIpc) is 2.34. The maximum Gasteiger partial charge on any atom is 0.306 e. The molecule has 0 bridgehead atoms. The summed E-state index contributed by atoms with van der Waals surface area (Å²) in [5, 5.41) is 9.61. The van der Waals surface area contributed by atoms with Crippen molar-refractivity contribution in [1.82, 2.24) is 0 Å². The van der Waals surface area contributed by atoms with Gasteiger partial charge in [0.15, 0.2) is 0 Å². The van der Waals surface area contributed by atoms with Crippen LogP contribution in [0.2, 0.25) is 0 Å². The van der Waals surface area contributed by atoms with Crippen molar-refractivity contribution in [3.8, 4) is 0 Å². The van der Waals surface area contributed by atoms with Gasteiger partial charge in [-0.3, -0.25) is 4.79 Å². The number of carbonyl (C=O) groups excluding carboxylic acids is 1. The van der Waals surface area contributed by atoms with Gasteiger partial charge in [0.1, 0.15) is 12.2 Å². The zero-order chi connectivity index (χ0) is 7.56. The Morgan fingerprint density at radius 1 is 1.90 bits per heavy atom. The van der Waals surface area contributed by atoms with Gasteiger partial charge >= 0.3 is 5.97 Å². The molecule has 1 aliphatic rings. The predicted octanol–water partition coefficient (Wildman–Crippen LogP) is 0.448. The lowest BCUT2D eigenvalue weighted by atomic mass is 10.2. The molecule has 1 N–H and O–H groups in total. The molecule has 0 aromatic rings. The zero-order valence-corrected chi connectivity index (χ0v) is 7.00. The Bertz CT molecular complexity index is 137. The van der Waals surface area contributed by atoms with Gasteiger partial charge < -0.3 is 9.84 Å². The molecule has 2 atom stereocenters. The van der Waals surface area contributed by atoms with E-state index in [0.717, 1.165) is 0 Å². The molecule has 0 aromatic heterocycles. The maximum atomic E-state index is 10.5. The lowest BCUT2D eigenvalue weighted by molar-refractivity contribution is -0.144. The molecule has 1 saturated heterocycles. The summed E-state index contributed by atoms with van der Waals surface area (Å²) in [6.07, 6.45) is 0.249. The second-order valence-electron chi connectivity index (χ2n) is 2.29. The SMILES string of the molecule is O=C1CC[C@@H]([C@@H](O)CBr)O1. The first kappa shape index (κ1) is 8.01. The molecular formula is C6H9BrO3. The van der Waals surface area contributed by atoms with Gasteiger partial charge in [-0.1, -0.05) is 15.9 Å². The van der Waals surface area contributed by atoms with E-state index in [1.165, 1.54) is 0 Å². The fourth-order valence-corrected chi connectivity index (χ4v) is 1.33. The van der Waals surface area contributed by atoms with Gasteiger partial charge in [-0.25, -0.2) is 0 Å². The van der Waals surface area contributed by atoms with Crippen molar-refractivity contribution >= 4 is 21.9 Å². The van der Waals surface area contributed by atoms with E-state index in [1.807, 2.05) is 0 Å². The van der Waals surface area contributed by atoms with Crippen LogP contribution in [0.15, 0.2) is 0 Å². The van der Waals surface area contributed by atoms with Gasteiger partial charge in [0.05, 0.1) is 0 Å². The van der Waals surface area contributed by atoms with Crippen LogP contribution in [0, 0.1) is 0 Å². The Morgan fingerprint density at radius 3 is 3.00 bits per heavy atom. The second kappa shape index (κ2) is 3.34. The number of hydrogen-bond donors (Lipinski definition) is 1. The topological polar surface area (TPSA) is 46.5 Å². The Morgan fingerprint density at radius 2 is 2.60 bits per heavy atom. The minimum atomic E-state index is -0.550. The van der Waals surface area contributed by atoms with E-state index in [0.29, 0.717) is 18.2 Å². The number of rotatable bonds is 2. The smallest absolute Gasteiger partial charge is 0.306 e. The molecule has 58 valence electrons. The van der Waals surface area contributed by atoms with Crippen LogP contribution in [0.4, 0.5) is 0 Å². The summed E-state index contributed by atoms with van der Waals surface area (Å²) in [5.41, 5.74) is 0. The van der Waals surface area contributed by atoms with Crippen LogP contribution in [0.25, 0.3) is 0 Å². The van der Waals surface area contributed by atoms with E-state index in [9.17, 15) is 4.79 Å². The highest BCUT2D eigenvalue weighted by atomic mass is 79.9. The zero-order valence-electron chi connectivity index (χ0n) is 5.42. The third-order valence-corrected chi connectivity index (χ3v) is 2.17. The van der Waals surface area contributed by atoms with Gasteiger partial charge in [-0.2, -0.15) is 0 Å². The van der Waals surface area contributed by atoms with Crippen molar-refractivity contribution in [3.63, 3.8) is 0 Å². The van der Waals surface area contributed by atoms with Gasteiger partial charge in [-0.05, 0) is 6.42 Å². The van der Waals surface area contributed by atoms with E-state index in [1.54, 1.807) is 0 Å². The van der Waals surface area contributed by atoms with Crippen LogP contribution in [-0.2, 0) is 9.53 Å². The first-order chi connectivity index (χ1) is 4.74. The van der Waals surface area contributed by atoms with E-state index in [-0.39, 0.29) is 12.1 Å².